The zero-order valence-corrected chi connectivity index (χ0v) is 15.8. The van der Waals surface area contributed by atoms with Gasteiger partial charge in [-0.25, -0.2) is 0 Å². The Bertz CT molecular complexity index is 255. The van der Waals surface area contributed by atoms with Crippen molar-refractivity contribution in [2.45, 2.75) is 53.4 Å². The van der Waals surface area contributed by atoms with Crippen molar-refractivity contribution in [3.8, 4) is 0 Å². The van der Waals surface area contributed by atoms with E-state index in [-0.39, 0.29) is 0 Å². The van der Waals surface area contributed by atoms with Crippen molar-refractivity contribution in [2.24, 2.45) is 0 Å². The summed E-state index contributed by atoms with van der Waals surface area (Å²) in [5.74, 6) is 0. The molecule has 2 saturated heterocycles. The predicted octanol–water partition coefficient (Wildman–Crippen LogP) is 3.27. The second-order valence-corrected chi connectivity index (χ2v) is 10.1. The van der Waals surface area contributed by atoms with Crippen LogP contribution in [0.15, 0.2) is 0 Å². The normalized spacial score (nSPS) is 22.8. The van der Waals surface area contributed by atoms with Crippen LogP contribution in [0.25, 0.3) is 0 Å². The van der Waals surface area contributed by atoms with Gasteiger partial charge in [0.1, 0.15) is 0 Å². The molecule has 0 atom stereocenters. The second-order valence-electron chi connectivity index (χ2n) is 6.33. The molecule has 126 valence electrons. The topological polar surface area (TPSA) is 13.0 Å². The van der Waals surface area contributed by atoms with Crippen LogP contribution in [-0.2, 0) is 0 Å². The van der Waals surface area contributed by atoms with E-state index in [1.54, 1.807) is 0 Å². The maximum absolute atomic E-state index is 2.92. The summed E-state index contributed by atoms with van der Waals surface area (Å²) in [6, 6.07) is 0. The summed E-state index contributed by atoms with van der Waals surface area (Å²) in [5, 5.41) is 0. The Balaban J connectivity index is 2.44. The van der Waals surface area contributed by atoms with Gasteiger partial charge >= 0.3 is 132 Å². The average molecular weight is 316 g/mol. The standard InChI is InChI=1S/C16H37N4P/c1-5-17(6-2)21(18(7-3)8-4,19-13-9-10-14-19)20-15-11-12-16-20/h21H,5-16H2,1-4H3. The third-order valence-electron chi connectivity index (χ3n) is 5.44. The molecule has 2 rings (SSSR count). The van der Waals surface area contributed by atoms with Gasteiger partial charge in [-0.3, -0.25) is 0 Å². The van der Waals surface area contributed by atoms with E-state index in [1.807, 2.05) is 0 Å². The molecule has 2 heterocycles. The summed E-state index contributed by atoms with van der Waals surface area (Å²) >= 11 is 0. The van der Waals surface area contributed by atoms with Crippen molar-refractivity contribution >= 4 is 7.87 Å². The molecule has 0 radical (unpaired) electrons. The van der Waals surface area contributed by atoms with Gasteiger partial charge in [-0.05, 0) is 0 Å². The molecule has 0 N–H and O–H groups in total. The molecule has 0 saturated carbocycles. The minimum atomic E-state index is -1.85. The third-order valence-corrected chi connectivity index (χ3v) is 11.0. The van der Waals surface area contributed by atoms with Crippen molar-refractivity contribution in [3.05, 3.63) is 0 Å². The van der Waals surface area contributed by atoms with Crippen LogP contribution in [0.1, 0.15) is 53.4 Å². The molecular weight excluding hydrogens is 279 g/mol. The minimum absolute atomic E-state index is 1.19. The fourth-order valence-electron chi connectivity index (χ4n) is 4.53. The van der Waals surface area contributed by atoms with Crippen LogP contribution in [0.5, 0.6) is 0 Å². The molecule has 0 aromatic carbocycles. The van der Waals surface area contributed by atoms with Crippen molar-refractivity contribution in [3.63, 3.8) is 0 Å². The van der Waals surface area contributed by atoms with Crippen LogP contribution in [0.2, 0.25) is 0 Å². The van der Waals surface area contributed by atoms with Gasteiger partial charge in [0.25, 0.3) is 0 Å². The first-order chi connectivity index (χ1) is 10.2. The van der Waals surface area contributed by atoms with Crippen LogP contribution in [0.3, 0.4) is 0 Å². The third kappa shape index (κ3) is 3.16. The van der Waals surface area contributed by atoms with Crippen LogP contribution in [-0.4, -0.2) is 71.0 Å². The van der Waals surface area contributed by atoms with Gasteiger partial charge in [-0.1, -0.05) is 0 Å². The molecule has 2 aliphatic rings. The van der Waals surface area contributed by atoms with Gasteiger partial charge in [-0.2, -0.15) is 0 Å². The maximum atomic E-state index is 2.92. The first kappa shape index (κ1) is 17.6. The van der Waals surface area contributed by atoms with Gasteiger partial charge in [0.15, 0.2) is 0 Å². The van der Waals surface area contributed by atoms with E-state index in [9.17, 15) is 0 Å². The van der Waals surface area contributed by atoms with E-state index < -0.39 is 7.87 Å². The van der Waals surface area contributed by atoms with Crippen molar-refractivity contribution in [2.75, 3.05) is 52.4 Å². The quantitative estimate of drug-likeness (QED) is 0.637. The SMILES string of the molecule is CCN(CC)[PH](N(CC)CC)(N1CCCC1)N1CCCC1. The molecule has 5 heteroatoms. The van der Waals surface area contributed by atoms with Gasteiger partial charge in [-0.15, -0.1) is 0 Å². The number of nitrogens with zero attached hydrogens (tertiary/aromatic N) is 4. The van der Waals surface area contributed by atoms with Gasteiger partial charge in [0.2, 0.25) is 0 Å². The Kier molecular flexibility index (Phi) is 6.89. The molecule has 4 nitrogen and oxygen atoms in total. The number of rotatable bonds is 8. The molecule has 0 amide bonds. The Morgan fingerprint density at radius 3 is 1.14 bits per heavy atom. The summed E-state index contributed by atoms with van der Waals surface area (Å²) in [4.78, 5) is 0. The predicted molar refractivity (Wildman–Crippen MR) is 95.8 cm³/mol. The van der Waals surface area contributed by atoms with Gasteiger partial charge < -0.3 is 0 Å². The number of hydrogen-bond acceptors (Lipinski definition) is 4. The van der Waals surface area contributed by atoms with Crippen molar-refractivity contribution < 1.29 is 0 Å². The van der Waals surface area contributed by atoms with Gasteiger partial charge in [0.05, 0.1) is 0 Å². The van der Waals surface area contributed by atoms with E-state index in [1.165, 1.54) is 78.0 Å². The molecule has 0 bridgehead atoms. The van der Waals surface area contributed by atoms with Crippen molar-refractivity contribution in [1.29, 1.82) is 0 Å². The summed E-state index contributed by atoms with van der Waals surface area (Å²) in [6.45, 7) is 19.5. The zero-order valence-electron chi connectivity index (χ0n) is 14.8. The molecule has 0 unspecified atom stereocenters. The monoisotopic (exact) mass is 316 g/mol. The summed E-state index contributed by atoms with van der Waals surface area (Å²) in [5.41, 5.74) is 0. The summed E-state index contributed by atoms with van der Waals surface area (Å²) < 4.78 is 11.5. The van der Waals surface area contributed by atoms with E-state index in [0.717, 1.165) is 0 Å². The molecule has 0 aliphatic carbocycles. The Morgan fingerprint density at radius 2 is 0.905 bits per heavy atom. The second kappa shape index (κ2) is 8.21. The molecular formula is C16H37N4P. The van der Waals surface area contributed by atoms with Crippen LogP contribution >= 0.6 is 7.87 Å². The first-order valence-corrected chi connectivity index (χ1v) is 11.0. The van der Waals surface area contributed by atoms with Crippen LogP contribution in [0.4, 0.5) is 0 Å². The zero-order chi connectivity index (χ0) is 15.3. The Morgan fingerprint density at radius 1 is 0.619 bits per heavy atom. The molecule has 21 heavy (non-hydrogen) atoms. The van der Waals surface area contributed by atoms with E-state index in [0.29, 0.717) is 0 Å². The number of hydrogen-bond donors (Lipinski definition) is 0. The fourth-order valence-corrected chi connectivity index (χ4v) is 10.5. The van der Waals surface area contributed by atoms with E-state index >= 15 is 0 Å². The first-order valence-electron chi connectivity index (χ1n) is 9.25. The van der Waals surface area contributed by atoms with Crippen molar-refractivity contribution in [1.82, 2.24) is 18.7 Å². The average Bonchev–Trinajstić information content (AvgIpc) is 3.21. The summed E-state index contributed by atoms with van der Waals surface area (Å²) in [6.07, 6.45) is 5.58. The molecule has 0 aromatic rings. The molecule has 0 spiro atoms. The Hall–Kier alpha value is 0.270. The van der Waals surface area contributed by atoms with Crippen LogP contribution < -0.4 is 0 Å². The van der Waals surface area contributed by atoms with E-state index in [4.69, 9.17) is 0 Å². The van der Waals surface area contributed by atoms with Crippen LogP contribution in [0, 0.1) is 0 Å². The van der Waals surface area contributed by atoms with E-state index in [2.05, 4.69) is 46.4 Å². The van der Waals surface area contributed by atoms with Gasteiger partial charge in [0, 0.05) is 0 Å². The molecule has 2 fully saturated rings. The summed E-state index contributed by atoms with van der Waals surface area (Å²) in [7, 11) is -1.85. The molecule has 0 aromatic heterocycles. The molecule has 2 aliphatic heterocycles. The fraction of sp³-hybridized carbons (Fsp3) is 1.00. The Labute approximate surface area is 133 Å².